The standard InChI is InChI=1S/C15H16N4O3/c1-3-21-10(2)14-17-13(22-18-14)8-19-9-16-12-7-5-4-6-11(12)15(19)20/h4-7,9-10H,3,8H2,1-2H3/t10-/m0/s1. The molecule has 0 aliphatic heterocycles. The molecule has 0 aliphatic carbocycles. The van der Waals surface area contributed by atoms with Crippen molar-refractivity contribution < 1.29 is 9.26 Å². The molecular formula is C15H16N4O3. The van der Waals surface area contributed by atoms with Gasteiger partial charge in [-0.15, -0.1) is 0 Å². The minimum absolute atomic E-state index is 0.136. The SMILES string of the molecule is CCO[C@@H](C)c1noc(Cn2cnc3ccccc3c2=O)n1. The second-order valence-corrected chi connectivity index (χ2v) is 4.84. The highest BCUT2D eigenvalue weighted by Crippen LogP contribution is 2.13. The van der Waals surface area contributed by atoms with Crippen molar-refractivity contribution in [1.29, 1.82) is 0 Å². The van der Waals surface area contributed by atoms with Gasteiger partial charge in [-0.3, -0.25) is 9.36 Å². The van der Waals surface area contributed by atoms with E-state index < -0.39 is 0 Å². The van der Waals surface area contributed by atoms with E-state index in [9.17, 15) is 4.79 Å². The topological polar surface area (TPSA) is 83.0 Å². The maximum atomic E-state index is 12.4. The molecule has 1 aromatic carbocycles. The van der Waals surface area contributed by atoms with Crippen LogP contribution in [0.4, 0.5) is 0 Å². The van der Waals surface area contributed by atoms with E-state index in [0.717, 1.165) is 0 Å². The van der Waals surface area contributed by atoms with Crippen LogP contribution < -0.4 is 5.56 Å². The Morgan fingerprint density at radius 2 is 2.18 bits per heavy atom. The summed E-state index contributed by atoms with van der Waals surface area (Å²) in [7, 11) is 0. The second-order valence-electron chi connectivity index (χ2n) is 4.84. The third-order valence-electron chi connectivity index (χ3n) is 3.30. The van der Waals surface area contributed by atoms with Gasteiger partial charge in [0.1, 0.15) is 12.6 Å². The van der Waals surface area contributed by atoms with Gasteiger partial charge in [0.15, 0.2) is 5.82 Å². The summed E-state index contributed by atoms with van der Waals surface area (Å²) in [6.45, 7) is 4.50. The summed E-state index contributed by atoms with van der Waals surface area (Å²) in [5, 5.41) is 4.44. The minimum Gasteiger partial charge on any atom is -0.371 e. The molecule has 3 rings (SSSR count). The number of benzene rings is 1. The Morgan fingerprint density at radius 1 is 1.36 bits per heavy atom. The molecule has 1 atom stereocenters. The molecule has 0 N–H and O–H groups in total. The smallest absolute Gasteiger partial charge is 0.261 e. The molecule has 114 valence electrons. The van der Waals surface area contributed by atoms with Crippen molar-refractivity contribution in [3.8, 4) is 0 Å². The Hall–Kier alpha value is -2.54. The maximum absolute atomic E-state index is 12.4. The molecule has 0 spiro atoms. The minimum atomic E-state index is -0.242. The van der Waals surface area contributed by atoms with Gasteiger partial charge in [-0.2, -0.15) is 4.98 Å². The van der Waals surface area contributed by atoms with E-state index >= 15 is 0 Å². The average molecular weight is 300 g/mol. The second kappa shape index (κ2) is 6.07. The lowest BCUT2D eigenvalue weighted by Gasteiger charge is -2.05. The van der Waals surface area contributed by atoms with Crippen molar-refractivity contribution in [1.82, 2.24) is 19.7 Å². The van der Waals surface area contributed by atoms with E-state index in [-0.39, 0.29) is 18.2 Å². The molecule has 0 unspecified atom stereocenters. The quantitative estimate of drug-likeness (QED) is 0.716. The van der Waals surface area contributed by atoms with Crippen molar-refractivity contribution in [2.24, 2.45) is 0 Å². The molecule has 0 bridgehead atoms. The largest absolute Gasteiger partial charge is 0.371 e. The monoisotopic (exact) mass is 300 g/mol. The van der Waals surface area contributed by atoms with E-state index in [4.69, 9.17) is 9.26 Å². The fraction of sp³-hybridized carbons (Fsp3) is 0.333. The Kier molecular flexibility index (Phi) is 3.97. The lowest BCUT2D eigenvalue weighted by molar-refractivity contribution is 0.0683. The molecule has 0 saturated heterocycles. The fourth-order valence-electron chi connectivity index (χ4n) is 2.19. The van der Waals surface area contributed by atoms with Crippen molar-refractivity contribution in [3.05, 3.63) is 52.7 Å². The summed E-state index contributed by atoms with van der Waals surface area (Å²) in [5.41, 5.74) is 0.531. The first-order chi connectivity index (χ1) is 10.7. The molecule has 22 heavy (non-hydrogen) atoms. The van der Waals surface area contributed by atoms with Crippen LogP contribution in [-0.4, -0.2) is 26.3 Å². The van der Waals surface area contributed by atoms with Crippen LogP contribution in [0.5, 0.6) is 0 Å². The number of hydrogen-bond acceptors (Lipinski definition) is 6. The van der Waals surface area contributed by atoms with Gasteiger partial charge < -0.3 is 9.26 Å². The first-order valence-corrected chi connectivity index (χ1v) is 7.07. The first-order valence-electron chi connectivity index (χ1n) is 7.07. The summed E-state index contributed by atoms with van der Waals surface area (Å²) in [4.78, 5) is 20.9. The number of hydrogen-bond donors (Lipinski definition) is 0. The van der Waals surface area contributed by atoms with Crippen molar-refractivity contribution >= 4 is 10.9 Å². The zero-order valence-electron chi connectivity index (χ0n) is 12.4. The number of nitrogens with zero attached hydrogens (tertiary/aromatic N) is 4. The molecule has 3 aromatic rings. The highest BCUT2D eigenvalue weighted by Gasteiger charge is 2.14. The summed E-state index contributed by atoms with van der Waals surface area (Å²) in [5.74, 6) is 0.819. The van der Waals surface area contributed by atoms with Crippen LogP contribution in [-0.2, 0) is 11.3 Å². The molecule has 0 saturated carbocycles. The molecule has 2 aromatic heterocycles. The van der Waals surface area contributed by atoms with Crippen LogP contribution in [0, 0.1) is 0 Å². The van der Waals surface area contributed by atoms with Crippen LogP contribution in [0.1, 0.15) is 31.7 Å². The fourth-order valence-corrected chi connectivity index (χ4v) is 2.19. The summed E-state index contributed by atoms with van der Waals surface area (Å²) < 4.78 is 12.0. The van der Waals surface area contributed by atoms with Crippen LogP contribution in [0.15, 0.2) is 39.9 Å². The van der Waals surface area contributed by atoms with Crippen LogP contribution in [0.2, 0.25) is 0 Å². The van der Waals surface area contributed by atoms with Gasteiger partial charge in [0.05, 0.1) is 17.2 Å². The van der Waals surface area contributed by atoms with E-state index in [1.807, 2.05) is 26.0 Å². The van der Waals surface area contributed by atoms with Crippen molar-refractivity contribution in [2.75, 3.05) is 6.61 Å². The summed E-state index contributed by atoms with van der Waals surface area (Å²) in [6.07, 6.45) is 1.24. The first kappa shape index (κ1) is 14.4. The Balaban J connectivity index is 1.87. The lowest BCUT2D eigenvalue weighted by Crippen LogP contribution is -2.21. The molecule has 0 fully saturated rings. The van der Waals surface area contributed by atoms with Gasteiger partial charge in [-0.1, -0.05) is 17.3 Å². The molecule has 2 heterocycles. The Bertz CT molecular complexity index is 840. The molecule has 7 heteroatoms. The summed E-state index contributed by atoms with van der Waals surface area (Å²) >= 11 is 0. The Labute approximate surface area is 126 Å². The van der Waals surface area contributed by atoms with Gasteiger partial charge in [-0.05, 0) is 26.0 Å². The molecular weight excluding hydrogens is 284 g/mol. The summed E-state index contributed by atoms with van der Waals surface area (Å²) in [6, 6.07) is 7.20. The van der Waals surface area contributed by atoms with Crippen molar-refractivity contribution in [3.63, 3.8) is 0 Å². The third-order valence-corrected chi connectivity index (χ3v) is 3.30. The maximum Gasteiger partial charge on any atom is 0.261 e. The average Bonchev–Trinajstić information content (AvgIpc) is 2.99. The van der Waals surface area contributed by atoms with E-state index in [1.165, 1.54) is 10.9 Å². The van der Waals surface area contributed by atoms with Crippen LogP contribution >= 0.6 is 0 Å². The van der Waals surface area contributed by atoms with Gasteiger partial charge in [0.25, 0.3) is 5.56 Å². The molecule has 7 nitrogen and oxygen atoms in total. The number of fused-ring (bicyclic) bond motifs is 1. The van der Waals surface area contributed by atoms with Crippen LogP contribution in [0.25, 0.3) is 10.9 Å². The predicted molar refractivity (Wildman–Crippen MR) is 79.4 cm³/mol. The highest BCUT2D eigenvalue weighted by molar-refractivity contribution is 5.76. The van der Waals surface area contributed by atoms with E-state index in [0.29, 0.717) is 29.2 Å². The Morgan fingerprint density at radius 3 is 3.00 bits per heavy atom. The number of para-hydroxylation sites is 1. The van der Waals surface area contributed by atoms with Crippen molar-refractivity contribution in [2.45, 2.75) is 26.5 Å². The molecule has 0 radical (unpaired) electrons. The van der Waals surface area contributed by atoms with Crippen LogP contribution in [0.3, 0.4) is 0 Å². The van der Waals surface area contributed by atoms with Gasteiger partial charge >= 0.3 is 0 Å². The highest BCUT2D eigenvalue weighted by atomic mass is 16.5. The zero-order chi connectivity index (χ0) is 15.5. The van der Waals surface area contributed by atoms with Gasteiger partial charge in [-0.25, -0.2) is 4.98 Å². The number of rotatable bonds is 5. The number of aromatic nitrogens is 4. The molecule has 0 aliphatic rings. The van der Waals surface area contributed by atoms with Gasteiger partial charge in [0.2, 0.25) is 5.89 Å². The molecule has 0 amide bonds. The van der Waals surface area contributed by atoms with Gasteiger partial charge in [0, 0.05) is 6.61 Å². The number of ether oxygens (including phenoxy) is 1. The lowest BCUT2D eigenvalue weighted by atomic mass is 10.2. The predicted octanol–water partition coefficient (Wildman–Crippen LogP) is 1.93. The third kappa shape index (κ3) is 2.75. The van der Waals surface area contributed by atoms with E-state index in [1.54, 1.807) is 12.1 Å². The zero-order valence-corrected chi connectivity index (χ0v) is 12.4. The normalized spacial score (nSPS) is 12.6. The van der Waals surface area contributed by atoms with E-state index in [2.05, 4.69) is 15.1 Å².